The number of nitrogens with zero attached hydrogens (tertiary/aromatic N) is 3. The van der Waals surface area contributed by atoms with Gasteiger partial charge in [-0.2, -0.15) is 5.26 Å². The number of rotatable bonds is 3. The van der Waals surface area contributed by atoms with E-state index in [1.54, 1.807) is 6.07 Å². The van der Waals surface area contributed by atoms with Crippen LogP contribution in [0.5, 0.6) is 0 Å². The van der Waals surface area contributed by atoms with Crippen LogP contribution in [0.15, 0.2) is 23.8 Å². The summed E-state index contributed by atoms with van der Waals surface area (Å²) in [6.45, 7) is 1.88. The molecule has 0 bridgehead atoms. The number of aromatic nitrogens is 2. The predicted octanol–water partition coefficient (Wildman–Crippen LogP) is 4.13. The van der Waals surface area contributed by atoms with Crippen LogP contribution in [-0.4, -0.2) is 9.97 Å². The van der Waals surface area contributed by atoms with Gasteiger partial charge in [0, 0.05) is 23.5 Å². The van der Waals surface area contributed by atoms with E-state index in [0.717, 1.165) is 5.69 Å². The molecular formula is C12H8Cl2N4S. The van der Waals surface area contributed by atoms with Crippen molar-refractivity contribution in [2.24, 2.45) is 0 Å². The summed E-state index contributed by atoms with van der Waals surface area (Å²) in [5, 5.41) is 15.4. The number of allylic oxidation sites excluding steroid dienone is 1. The van der Waals surface area contributed by atoms with Crippen LogP contribution in [0.3, 0.4) is 0 Å². The van der Waals surface area contributed by atoms with Crippen LogP contribution >= 0.6 is 34.5 Å². The summed E-state index contributed by atoms with van der Waals surface area (Å²) in [6, 6.07) is 3.66. The topological polar surface area (TPSA) is 61.6 Å². The van der Waals surface area contributed by atoms with Gasteiger partial charge in [0.2, 0.25) is 0 Å². The molecule has 19 heavy (non-hydrogen) atoms. The second-order valence-electron chi connectivity index (χ2n) is 3.59. The van der Waals surface area contributed by atoms with Crippen molar-refractivity contribution < 1.29 is 0 Å². The fourth-order valence-corrected chi connectivity index (χ4v) is 2.48. The summed E-state index contributed by atoms with van der Waals surface area (Å²) in [4.78, 5) is 8.28. The molecule has 1 N–H and O–H groups in total. The maximum atomic E-state index is 9.11. The molecule has 4 nitrogen and oxygen atoms in total. The molecule has 2 aromatic rings. The minimum atomic E-state index is 0.386. The molecule has 0 radical (unpaired) electrons. The van der Waals surface area contributed by atoms with Crippen molar-refractivity contribution in [1.29, 1.82) is 5.26 Å². The van der Waals surface area contributed by atoms with Gasteiger partial charge in [0.25, 0.3) is 0 Å². The molecule has 0 fully saturated rings. The van der Waals surface area contributed by atoms with Crippen LogP contribution in [0.4, 0.5) is 5.82 Å². The third-order valence-electron chi connectivity index (χ3n) is 2.13. The standard InChI is InChI=1S/C12H8Cl2N4S/c1-7-6-19-12(18-7)8(3-15)4-16-11-10(14)2-9(13)5-17-11/h2,4-6H,1H3,(H,16,17)/b8-4+. The van der Waals surface area contributed by atoms with Gasteiger partial charge in [0.1, 0.15) is 22.5 Å². The van der Waals surface area contributed by atoms with Gasteiger partial charge in [-0.25, -0.2) is 9.97 Å². The molecule has 0 aromatic carbocycles. The molecule has 96 valence electrons. The van der Waals surface area contributed by atoms with E-state index in [2.05, 4.69) is 21.4 Å². The Morgan fingerprint density at radius 2 is 2.32 bits per heavy atom. The summed E-state index contributed by atoms with van der Waals surface area (Å²) < 4.78 is 0. The molecule has 0 spiro atoms. The summed E-state index contributed by atoms with van der Waals surface area (Å²) in [5.41, 5.74) is 1.30. The second-order valence-corrected chi connectivity index (χ2v) is 5.29. The largest absolute Gasteiger partial charge is 0.344 e. The van der Waals surface area contributed by atoms with E-state index in [4.69, 9.17) is 28.5 Å². The van der Waals surface area contributed by atoms with E-state index >= 15 is 0 Å². The highest BCUT2D eigenvalue weighted by molar-refractivity contribution is 7.10. The lowest BCUT2D eigenvalue weighted by molar-refractivity contribution is 1.24. The fourth-order valence-electron chi connectivity index (χ4n) is 1.28. The summed E-state index contributed by atoms with van der Waals surface area (Å²) >= 11 is 13.1. The third-order valence-corrected chi connectivity index (χ3v) is 3.62. The molecule has 0 aliphatic carbocycles. The highest BCUT2D eigenvalue weighted by Crippen LogP contribution is 2.24. The Labute approximate surface area is 124 Å². The Hall–Kier alpha value is -1.61. The van der Waals surface area contributed by atoms with Gasteiger partial charge in [-0.3, -0.25) is 0 Å². The molecule has 0 saturated heterocycles. The average Bonchev–Trinajstić information content (AvgIpc) is 2.79. The van der Waals surface area contributed by atoms with E-state index in [1.165, 1.54) is 23.7 Å². The number of aryl methyl sites for hydroxylation is 1. The lowest BCUT2D eigenvalue weighted by Crippen LogP contribution is -1.94. The molecule has 2 aromatic heterocycles. The number of thiazole rings is 1. The van der Waals surface area contributed by atoms with Crippen molar-refractivity contribution in [3.05, 3.63) is 44.6 Å². The zero-order chi connectivity index (χ0) is 13.8. The van der Waals surface area contributed by atoms with Crippen molar-refractivity contribution in [2.45, 2.75) is 6.92 Å². The van der Waals surface area contributed by atoms with Crippen LogP contribution in [0.25, 0.3) is 5.57 Å². The molecule has 0 aliphatic rings. The quantitative estimate of drug-likeness (QED) is 0.866. The van der Waals surface area contributed by atoms with Crippen molar-refractivity contribution in [1.82, 2.24) is 9.97 Å². The monoisotopic (exact) mass is 310 g/mol. The summed E-state index contributed by atoms with van der Waals surface area (Å²) in [6.07, 6.45) is 3.00. The smallest absolute Gasteiger partial charge is 0.148 e. The van der Waals surface area contributed by atoms with E-state index in [9.17, 15) is 0 Å². The number of nitriles is 1. The van der Waals surface area contributed by atoms with Crippen molar-refractivity contribution in [2.75, 3.05) is 5.32 Å². The first kappa shape index (κ1) is 13.8. The van der Waals surface area contributed by atoms with Gasteiger partial charge in [0.15, 0.2) is 0 Å². The normalized spacial score (nSPS) is 11.2. The molecule has 0 saturated carbocycles. The van der Waals surface area contributed by atoms with E-state index in [1.807, 2.05) is 12.3 Å². The van der Waals surface area contributed by atoms with E-state index in [0.29, 0.717) is 26.4 Å². The zero-order valence-corrected chi connectivity index (χ0v) is 12.1. The Morgan fingerprint density at radius 3 is 2.89 bits per heavy atom. The van der Waals surface area contributed by atoms with Gasteiger partial charge in [-0.1, -0.05) is 23.2 Å². The lowest BCUT2D eigenvalue weighted by Gasteiger charge is -2.03. The van der Waals surface area contributed by atoms with Gasteiger partial charge in [0.05, 0.1) is 10.0 Å². The first-order valence-corrected chi connectivity index (χ1v) is 6.84. The number of pyridine rings is 1. The molecule has 0 aliphatic heterocycles. The number of hydrogen-bond acceptors (Lipinski definition) is 5. The first-order chi connectivity index (χ1) is 9.10. The van der Waals surface area contributed by atoms with Gasteiger partial charge >= 0.3 is 0 Å². The minimum Gasteiger partial charge on any atom is -0.344 e. The number of nitrogens with one attached hydrogen (secondary N) is 1. The summed E-state index contributed by atoms with van der Waals surface area (Å²) in [7, 11) is 0. The molecule has 7 heteroatoms. The lowest BCUT2D eigenvalue weighted by atomic mass is 10.3. The first-order valence-electron chi connectivity index (χ1n) is 5.20. The SMILES string of the molecule is Cc1csc(/C(C#N)=C/Nc2ncc(Cl)cc2Cl)n1. The van der Waals surface area contributed by atoms with Gasteiger partial charge in [-0.05, 0) is 13.0 Å². The average molecular weight is 311 g/mol. The van der Waals surface area contributed by atoms with Gasteiger partial charge < -0.3 is 5.32 Å². The van der Waals surface area contributed by atoms with E-state index in [-0.39, 0.29) is 0 Å². The van der Waals surface area contributed by atoms with Crippen molar-refractivity contribution >= 4 is 45.9 Å². The molecular weight excluding hydrogens is 303 g/mol. The van der Waals surface area contributed by atoms with Crippen molar-refractivity contribution in [3.8, 4) is 6.07 Å². The Kier molecular flexibility index (Phi) is 4.38. The van der Waals surface area contributed by atoms with Crippen LogP contribution in [0.1, 0.15) is 10.7 Å². The van der Waals surface area contributed by atoms with Crippen LogP contribution < -0.4 is 5.32 Å². The molecule has 0 amide bonds. The minimum absolute atomic E-state index is 0.386. The Balaban J connectivity index is 2.23. The van der Waals surface area contributed by atoms with Gasteiger partial charge in [-0.15, -0.1) is 11.3 Å². The number of hydrogen-bond donors (Lipinski definition) is 1. The molecule has 0 unspecified atom stereocenters. The zero-order valence-electron chi connectivity index (χ0n) is 9.82. The van der Waals surface area contributed by atoms with E-state index < -0.39 is 0 Å². The van der Waals surface area contributed by atoms with Crippen LogP contribution in [-0.2, 0) is 0 Å². The number of anilines is 1. The molecule has 0 atom stereocenters. The third kappa shape index (κ3) is 3.44. The maximum absolute atomic E-state index is 9.11. The molecule has 2 heterocycles. The fraction of sp³-hybridized carbons (Fsp3) is 0.0833. The molecule has 2 rings (SSSR count). The Morgan fingerprint density at radius 1 is 1.53 bits per heavy atom. The predicted molar refractivity (Wildman–Crippen MR) is 78.3 cm³/mol. The maximum Gasteiger partial charge on any atom is 0.148 e. The highest BCUT2D eigenvalue weighted by atomic mass is 35.5. The Bertz CT molecular complexity index is 673. The van der Waals surface area contributed by atoms with Crippen LogP contribution in [0.2, 0.25) is 10.0 Å². The van der Waals surface area contributed by atoms with Crippen LogP contribution in [0, 0.1) is 18.3 Å². The number of halogens is 2. The van der Waals surface area contributed by atoms with Crippen molar-refractivity contribution in [3.63, 3.8) is 0 Å². The highest BCUT2D eigenvalue weighted by Gasteiger charge is 2.06. The second kappa shape index (κ2) is 6.02. The summed E-state index contributed by atoms with van der Waals surface area (Å²) in [5.74, 6) is 0.437.